The monoisotopic (exact) mass is 354 g/mol. The van der Waals surface area contributed by atoms with Crippen molar-refractivity contribution < 1.29 is 24.2 Å². The van der Waals surface area contributed by atoms with Crippen molar-refractivity contribution in [1.82, 2.24) is 0 Å². The molecule has 5 heteroatoms. The summed E-state index contributed by atoms with van der Waals surface area (Å²) in [5.41, 5.74) is 1.92. The Bertz CT molecular complexity index is 849. The third-order valence-corrected chi connectivity index (χ3v) is 4.73. The Labute approximate surface area is 152 Å². The van der Waals surface area contributed by atoms with Crippen molar-refractivity contribution in [3.63, 3.8) is 0 Å². The molecule has 0 radical (unpaired) electrons. The molecular weight excluding hydrogens is 332 g/mol. The van der Waals surface area contributed by atoms with Crippen LogP contribution in [0.2, 0.25) is 0 Å². The highest BCUT2D eigenvalue weighted by Crippen LogP contribution is 2.42. The molecule has 2 aromatic rings. The smallest absolute Gasteiger partial charge is 0.335 e. The molecule has 2 aromatic carbocycles. The van der Waals surface area contributed by atoms with Gasteiger partial charge in [-0.25, -0.2) is 4.79 Å². The summed E-state index contributed by atoms with van der Waals surface area (Å²) in [4.78, 5) is 24.1. The standard InChI is InChI=1S/C21H22O5/c1-4-25-17-12-18-16(21(2,3)9-10-26-18)11-15(17)19(22)13-5-7-14(8-6-13)20(23)24/h5-8,11-12H,4,9-10H2,1-3H3,(H,23,24). The fourth-order valence-corrected chi connectivity index (χ4v) is 3.13. The van der Waals surface area contributed by atoms with Gasteiger partial charge in [-0.15, -0.1) is 0 Å². The highest BCUT2D eigenvalue weighted by Gasteiger charge is 2.31. The van der Waals surface area contributed by atoms with Gasteiger partial charge in [0.1, 0.15) is 11.5 Å². The van der Waals surface area contributed by atoms with Gasteiger partial charge in [0, 0.05) is 17.2 Å². The van der Waals surface area contributed by atoms with Crippen LogP contribution in [0.1, 0.15) is 59.0 Å². The van der Waals surface area contributed by atoms with Crippen molar-refractivity contribution in [2.75, 3.05) is 13.2 Å². The number of ether oxygens (including phenoxy) is 2. The van der Waals surface area contributed by atoms with Crippen molar-refractivity contribution in [2.24, 2.45) is 0 Å². The fraction of sp³-hybridized carbons (Fsp3) is 0.333. The van der Waals surface area contributed by atoms with E-state index in [1.807, 2.05) is 13.0 Å². The second kappa shape index (κ2) is 6.83. The van der Waals surface area contributed by atoms with Crippen LogP contribution in [0.5, 0.6) is 11.5 Å². The average molecular weight is 354 g/mol. The topological polar surface area (TPSA) is 72.8 Å². The molecule has 26 heavy (non-hydrogen) atoms. The molecule has 1 N–H and O–H groups in total. The van der Waals surface area contributed by atoms with Gasteiger partial charge < -0.3 is 14.6 Å². The van der Waals surface area contributed by atoms with Crippen molar-refractivity contribution >= 4 is 11.8 Å². The molecule has 3 rings (SSSR count). The second-order valence-electron chi connectivity index (χ2n) is 6.97. The number of rotatable bonds is 5. The van der Waals surface area contributed by atoms with Gasteiger partial charge in [-0.2, -0.15) is 0 Å². The van der Waals surface area contributed by atoms with E-state index < -0.39 is 5.97 Å². The summed E-state index contributed by atoms with van der Waals surface area (Å²) in [7, 11) is 0. The molecular formula is C21H22O5. The molecule has 0 amide bonds. The number of aromatic carboxylic acids is 1. The first-order valence-corrected chi connectivity index (χ1v) is 8.65. The maximum Gasteiger partial charge on any atom is 0.335 e. The Hall–Kier alpha value is -2.82. The summed E-state index contributed by atoms with van der Waals surface area (Å²) < 4.78 is 11.5. The highest BCUT2D eigenvalue weighted by atomic mass is 16.5. The third-order valence-electron chi connectivity index (χ3n) is 4.73. The number of hydrogen-bond donors (Lipinski definition) is 1. The molecule has 1 aliphatic rings. The van der Waals surface area contributed by atoms with E-state index in [2.05, 4.69) is 13.8 Å². The molecule has 0 unspecified atom stereocenters. The van der Waals surface area contributed by atoms with Gasteiger partial charge in [0.05, 0.1) is 24.3 Å². The number of carbonyl (C=O) groups is 2. The molecule has 1 heterocycles. The average Bonchev–Trinajstić information content (AvgIpc) is 2.61. The summed E-state index contributed by atoms with van der Waals surface area (Å²) >= 11 is 0. The van der Waals surface area contributed by atoms with E-state index in [9.17, 15) is 9.59 Å². The van der Waals surface area contributed by atoms with Crippen LogP contribution >= 0.6 is 0 Å². The maximum absolute atomic E-state index is 13.1. The largest absolute Gasteiger partial charge is 0.493 e. The Morgan fingerprint density at radius 2 is 1.81 bits per heavy atom. The normalized spacial score (nSPS) is 14.9. The molecule has 0 spiro atoms. The predicted octanol–water partition coefficient (Wildman–Crippen LogP) is 4.07. The molecule has 0 saturated heterocycles. The minimum Gasteiger partial charge on any atom is -0.493 e. The van der Waals surface area contributed by atoms with Crippen molar-refractivity contribution in [1.29, 1.82) is 0 Å². The second-order valence-corrected chi connectivity index (χ2v) is 6.97. The summed E-state index contributed by atoms with van der Waals surface area (Å²) in [6, 6.07) is 9.57. The zero-order valence-electron chi connectivity index (χ0n) is 15.2. The SMILES string of the molecule is CCOc1cc2c(cc1C(=O)c1ccc(C(=O)O)cc1)C(C)(C)CCO2. The van der Waals surface area contributed by atoms with Crippen LogP contribution in [0.15, 0.2) is 36.4 Å². The van der Waals surface area contributed by atoms with Crippen LogP contribution in [0.25, 0.3) is 0 Å². The molecule has 0 fully saturated rings. The first-order valence-electron chi connectivity index (χ1n) is 8.65. The quantitative estimate of drug-likeness (QED) is 0.819. The summed E-state index contributed by atoms with van der Waals surface area (Å²) in [5.74, 6) is 0.0139. The number of carboxylic acid groups (broad SMARTS) is 1. The molecule has 1 aliphatic heterocycles. The molecule has 136 valence electrons. The lowest BCUT2D eigenvalue weighted by Crippen LogP contribution is -2.27. The summed E-state index contributed by atoms with van der Waals surface area (Å²) in [6.45, 7) is 7.19. The van der Waals surface area contributed by atoms with Gasteiger partial charge in [0.15, 0.2) is 5.78 Å². The number of fused-ring (bicyclic) bond motifs is 1. The highest BCUT2D eigenvalue weighted by molar-refractivity contribution is 6.11. The van der Waals surface area contributed by atoms with E-state index in [4.69, 9.17) is 14.6 Å². The van der Waals surface area contributed by atoms with E-state index >= 15 is 0 Å². The van der Waals surface area contributed by atoms with Gasteiger partial charge in [0.2, 0.25) is 0 Å². The zero-order valence-corrected chi connectivity index (χ0v) is 15.2. The number of carboxylic acids is 1. The van der Waals surface area contributed by atoms with Gasteiger partial charge in [-0.1, -0.05) is 26.0 Å². The number of hydrogen-bond acceptors (Lipinski definition) is 4. The molecule has 0 saturated carbocycles. The van der Waals surface area contributed by atoms with E-state index in [1.165, 1.54) is 24.3 Å². The van der Waals surface area contributed by atoms with Crippen LogP contribution in [0.3, 0.4) is 0 Å². The van der Waals surface area contributed by atoms with Gasteiger partial charge in [-0.3, -0.25) is 4.79 Å². The minimum absolute atomic E-state index is 0.0967. The van der Waals surface area contributed by atoms with Crippen molar-refractivity contribution in [3.8, 4) is 11.5 Å². The Morgan fingerprint density at radius 3 is 2.42 bits per heavy atom. The summed E-state index contributed by atoms with van der Waals surface area (Å²) in [6.07, 6.45) is 0.870. The lowest BCUT2D eigenvalue weighted by molar-refractivity contribution is 0.0696. The van der Waals surface area contributed by atoms with Crippen LogP contribution < -0.4 is 9.47 Å². The lowest BCUT2D eigenvalue weighted by atomic mass is 9.78. The van der Waals surface area contributed by atoms with Crippen molar-refractivity contribution in [3.05, 3.63) is 58.7 Å². The van der Waals surface area contributed by atoms with Crippen molar-refractivity contribution in [2.45, 2.75) is 32.6 Å². The third kappa shape index (κ3) is 3.29. The van der Waals surface area contributed by atoms with Crippen LogP contribution in [0.4, 0.5) is 0 Å². The first kappa shape index (κ1) is 18.0. The molecule has 5 nitrogen and oxygen atoms in total. The zero-order chi connectivity index (χ0) is 18.9. The first-order chi connectivity index (χ1) is 12.3. The van der Waals surface area contributed by atoms with E-state index in [1.54, 1.807) is 6.07 Å². The molecule has 0 aromatic heterocycles. The number of ketones is 1. The molecule has 0 aliphatic carbocycles. The Morgan fingerprint density at radius 1 is 1.15 bits per heavy atom. The Balaban J connectivity index is 2.07. The lowest BCUT2D eigenvalue weighted by Gasteiger charge is -2.33. The Kier molecular flexibility index (Phi) is 4.72. The van der Waals surface area contributed by atoms with E-state index in [-0.39, 0.29) is 16.8 Å². The fourth-order valence-electron chi connectivity index (χ4n) is 3.13. The maximum atomic E-state index is 13.1. The number of benzene rings is 2. The molecule has 0 atom stereocenters. The van der Waals surface area contributed by atoms with Crippen LogP contribution in [-0.4, -0.2) is 30.1 Å². The summed E-state index contributed by atoms with van der Waals surface area (Å²) in [5, 5.41) is 9.02. The number of carbonyl (C=O) groups excluding carboxylic acids is 1. The minimum atomic E-state index is -1.02. The van der Waals surface area contributed by atoms with Gasteiger partial charge >= 0.3 is 5.97 Å². The van der Waals surface area contributed by atoms with Crippen LogP contribution in [0, 0.1) is 0 Å². The molecule has 0 bridgehead atoms. The van der Waals surface area contributed by atoms with Gasteiger partial charge in [0.25, 0.3) is 0 Å². The van der Waals surface area contributed by atoms with Crippen LogP contribution in [-0.2, 0) is 5.41 Å². The van der Waals surface area contributed by atoms with E-state index in [0.717, 1.165) is 17.7 Å². The predicted molar refractivity (Wildman–Crippen MR) is 97.6 cm³/mol. The van der Waals surface area contributed by atoms with Gasteiger partial charge in [-0.05, 0) is 37.0 Å². The van der Waals surface area contributed by atoms with E-state index in [0.29, 0.717) is 30.1 Å².